The number of hydrogen-bond acceptors (Lipinski definition) is 9. The van der Waals surface area contributed by atoms with Gasteiger partial charge in [0.1, 0.15) is 6.10 Å². The second-order valence-corrected chi connectivity index (χ2v) is 11.1. The Morgan fingerprint density at radius 1 is 1.31 bits per heavy atom. The van der Waals surface area contributed by atoms with E-state index in [0.29, 0.717) is 16.6 Å². The van der Waals surface area contributed by atoms with E-state index in [9.17, 15) is 24.3 Å². The van der Waals surface area contributed by atoms with Gasteiger partial charge in [-0.15, -0.1) is 0 Å². The van der Waals surface area contributed by atoms with Crippen LogP contribution in [0.3, 0.4) is 0 Å². The van der Waals surface area contributed by atoms with Crippen LogP contribution in [0.25, 0.3) is 0 Å². The Kier molecular flexibility index (Phi) is 8.11. The smallest absolute Gasteiger partial charge is 0.405 e. The summed E-state index contributed by atoms with van der Waals surface area (Å²) in [4.78, 5) is 50.0. The van der Waals surface area contributed by atoms with Gasteiger partial charge in [-0.25, -0.2) is 9.59 Å². The van der Waals surface area contributed by atoms with E-state index >= 15 is 0 Å². The zero-order valence-corrected chi connectivity index (χ0v) is 17.3. The molecule has 1 rings (SSSR count). The lowest BCUT2D eigenvalue weighted by Gasteiger charge is -2.33. The summed E-state index contributed by atoms with van der Waals surface area (Å²) in [5.41, 5.74) is -0.605. The molecule has 1 fully saturated rings. The fourth-order valence-electron chi connectivity index (χ4n) is 2.47. The Hall–Kier alpha value is -1.11. The van der Waals surface area contributed by atoms with Crippen molar-refractivity contribution in [1.29, 1.82) is 0 Å². The van der Waals surface area contributed by atoms with Gasteiger partial charge in [-0.05, 0) is 45.9 Å². The maximum atomic E-state index is 11.7. The Labute approximate surface area is 163 Å². The lowest BCUT2D eigenvalue weighted by Crippen LogP contribution is -2.46. The molecule has 12 heteroatoms. The minimum Gasteiger partial charge on any atom is -0.465 e. The van der Waals surface area contributed by atoms with Crippen molar-refractivity contribution >= 4 is 56.6 Å². The highest BCUT2D eigenvalue weighted by molar-refractivity contribution is 8.78. The molecule has 1 aliphatic heterocycles. The number of aliphatic hydroxyl groups excluding tert-OH is 1. The van der Waals surface area contributed by atoms with Gasteiger partial charge in [0.25, 0.3) is 11.8 Å². The summed E-state index contributed by atoms with van der Waals surface area (Å²) in [6.07, 6.45) is -2.38. The number of hydrogen-bond donors (Lipinski definition) is 3. The van der Waals surface area contributed by atoms with Crippen LogP contribution in [0.4, 0.5) is 9.59 Å². The number of nitrogens with one attached hydrogen (secondary N) is 1. The van der Waals surface area contributed by atoms with Gasteiger partial charge in [0, 0.05) is 10.3 Å². The molecule has 0 aliphatic carbocycles. The van der Waals surface area contributed by atoms with Crippen LogP contribution in [0.15, 0.2) is 0 Å². The third-order valence-corrected chi connectivity index (χ3v) is 7.52. The topological polar surface area (TPSA) is 133 Å². The Morgan fingerprint density at radius 3 is 2.42 bits per heavy atom. The van der Waals surface area contributed by atoms with Gasteiger partial charge in [-0.2, -0.15) is 0 Å². The first-order chi connectivity index (χ1) is 11.8. The van der Waals surface area contributed by atoms with E-state index in [1.807, 2.05) is 13.8 Å². The summed E-state index contributed by atoms with van der Waals surface area (Å²) in [7, 11) is 2.86. The first-order valence-corrected chi connectivity index (χ1v) is 10.8. The number of carbonyl (C=O) groups is 4. The van der Waals surface area contributed by atoms with E-state index in [2.05, 4.69) is 10.2 Å². The summed E-state index contributed by atoms with van der Waals surface area (Å²) < 4.78 is -0.272. The highest BCUT2D eigenvalue weighted by atomic mass is 33.1. The molecule has 0 radical (unpaired) electrons. The van der Waals surface area contributed by atoms with Crippen molar-refractivity contribution in [1.82, 2.24) is 10.4 Å². The molecule has 0 bridgehead atoms. The van der Waals surface area contributed by atoms with Crippen LogP contribution in [0, 0.1) is 0 Å². The van der Waals surface area contributed by atoms with Gasteiger partial charge < -0.3 is 20.4 Å². The highest BCUT2D eigenvalue weighted by Gasteiger charge is 2.40. The Morgan fingerprint density at radius 2 is 1.92 bits per heavy atom. The number of aliphatic hydroxyl groups is 1. The molecule has 1 saturated heterocycles. The van der Waals surface area contributed by atoms with Gasteiger partial charge in [0.2, 0.25) is 0 Å². The number of rotatable bonds is 8. The molecule has 3 amide bonds. The first-order valence-electron chi connectivity index (χ1n) is 7.54. The zero-order valence-electron chi connectivity index (χ0n) is 14.8. The normalized spacial score (nSPS) is 18.2. The average Bonchev–Trinajstić information content (AvgIpc) is 2.67. The van der Waals surface area contributed by atoms with E-state index in [0.717, 1.165) is 11.8 Å². The SMILES string of the molecule is CC(C)(CC(C)(C)SSCSC(=O)ON1C(=O)CC(O)C1=O)NC(=O)O. The number of thioether (sulfide) groups is 1. The van der Waals surface area contributed by atoms with E-state index in [1.165, 1.54) is 21.6 Å². The molecule has 0 saturated carbocycles. The molecule has 1 aliphatic rings. The van der Waals surface area contributed by atoms with Crippen LogP contribution in [0.5, 0.6) is 0 Å². The summed E-state index contributed by atoms with van der Waals surface area (Å²) in [6.45, 7) is 7.50. The number of carbonyl (C=O) groups excluding carboxylic acids is 3. The molecule has 0 aromatic heterocycles. The predicted octanol–water partition coefficient (Wildman–Crippen LogP) is 2.44. The zero-order chi connectivity index (χ0) is 20.1. The standard InChI is InChI=1S/C14H22N2O7S3/c1-13(2,15-11(20)21)6-14(3,4)26-25-7-24-12(22)23-16-9(18)5-8(17)10(16)19/h8,15,17H,5-7H2,1-4H3,(H,20,21). The van der Waals surface area contributed by atoms with Crippen LogP contribution in [0.1, 0.15) is 40.5 Å². The fraction of sp³-hybridized carbons (Fsp3) is 0.714. The number of imide groups is 1. The average molecular weight is 427 g/mol. The van der Waals surface area contributed by atoms with Crippen molar-refractivity contribution in [2.75, 3.05) is 5.08 Å². The van der Waals surface area contributed by atoms with Crippen molar-refractivity contribution in [2.45, 2.75) is 56.9 Å². The van der Waals surface area contributed by atoms with Crippen molar-refractivity contribution in [2.24, 2.45) is 0 Å². The third-order valence-electron chi connectivity index (χ3n) is 3.07. The number of carboxylic acid groups (broad SMARTS) is 1. The highest BCUT2D eigenvalue weighted by Crippen LogP contribution is 2.42. The van der Waals surface area contributed by atoms with Crippen LogP contribution >= 0.6 is 33.3 Å². The van der Waals surface area contributed by atoms with E-state index in [4.69, 9.17) is 5.11 Å². The monoisotopic (exact) mass is 426 g/mol. The molecule has 0 aromatic carbocycles. The molecule has 26 heavy (non-hydrogen) atoms. The molecule has 1 unspecified atom stereocenters. The minimum atomic E-state index is -1.46. The van der Waals surface area contributed by atoms with Crippen molar-refractivity contribution in [3.63, 3.8) is 0 Å². The van der Waals surface area contributed by atoms with Crippen LogP contribution in [-0.4, -0.2) is 60.0 Å². The summed E-state index contributed by atoms with van der Waals surface area (Å²) in [5.74, 6) is -1.70. The molecule has 1 heterocycles. The van der Waals surface area contributed by atoms with Gasteiger partial charge in [-0.3, -0.25) is 9.59 Å². The predicted molar refractivity (Wildman–Crippen MR) is 101 cm³/mol. The first kappa shape index (κ1) is 22.9. The van der Waals surface area contributed by atoms with Crippen LogP contribution in [-0.2, 0) is 14.4 Å². The van der Waals surface area contributed by atoms with Gasteiger partial charge in [-0.1, -0.05) is 26.7 Å². The Bertz CT molecular complexity index is 583. The van der Waals surface area contributed by atoms with Gasteiger partial charge in [0.05, 0.1) is 11.5 Å². The summed E-state index contributed by atoms with van der Waals surface area (Å²) in [5, 5.41) is 20.3. The van der Waals surface area contributed by atoms with Gasteiger partial charge >= 0.3 is 11.4 Å². The summed E-state index contributed by atoms with van der Waals surface area (Å²) in [6, 6.07) is 0. The van der Waals surface area contributed by atoms with Crippen molar-refractivity contribution in [3.05, 3.63) is 0 Å². The molecular formula is C14H22N2O7S3. The molecule has 148 valence electrons. The van der Waals surface area contributed by atoms with Crippen molar-refractivity contribution in [3.8, 4) is 0 Å². The number of amides is 3. The number of hydroxylamine groups is 2. The second kappa shape index (κ2) is 9.20. The molecule has 9 nitrogen and oxygen atoms in total. The maximum absolute atomic E-state index is 11.7. The van der Waals surface area contributed by atoms with Crippen molar-refractivity contribution < 1.29 is 34.2 Å². The fourth-order valence-corrected chi connectivity index (χ4v) is 6.11. The van der Waals surface area contributed by atoms with Crippen LogP contribution in [0.2, 0.25) is 0 Å². The van der Waals surface area contributed by atoms with E-state index in [1.54, 1.807) is 13.8 Å². The molecule has 3 N–H and O–H groups in total. The molecule has 1 atom stereocenters. The lowest BCUT2D eigenvalue weighted by atomic mass is 9.92. The minimum absolute atomic E-state index is 0.272. The van der Waals surface area contributed by atoms with Crippen LogP contribution < -0.4 is 5.32 Å². The summed E-state index contributed by atoms with van der Waals surface area (Å²) >= 11 is 0.781. The molecule has 0 spiro atoms. The largest absolute Gasteiger partial charge is 0.465 e. The maximum Gasteiger partial charge on any atom is 0.405 e. The van der Waals surface area contributed by atoms with E-state index in [-0.39, 0.29) is 4.75 Å². The molecular weight excluding hydrogens is 404 g/mol. The number of nitrogens with zero attached hydrogens (tertiary/aromatic N) is 1. The lowest BCUT2D eigenvalue weighted by molar-refractivity contribution is -0.171. The second-order valence-electron chi connectivity index (χ2n) is 6.80. The quantitative estimate of drug-likeness (QED) is 0.230. The van der Waals surface area contributed by atoms with Gasteiger partial charge in [0.15, 0.2) is 0 Å². The Balaban J connectivity index is 2.34. The molecule has 0 aromatic rings. The third kappa shape index (κ3) is 7.64. The van der Waals surface area contributed by atoms with E-state index < -0.39 is 41.3 Å².